The standard InChI is InChI=1S/C21H20FN3O3S/c1-12-20(26)25-29(28,24-12)19-11-23-18-10-17(22)15(9-16(18)19)13-3-5-14(6-4-13)21(27)7-2-8-21/h3-6,9-12,23,27H,2,7-8H2,1H3,(H,24,25,26,28)/t12-,29?/m0/s1. The van der Waals surface area contributed by atoms with Gasteiger partial charge in [-0.1, -0.05) is 24.3 Å². The number of carbonyl (C=O) groups excluding carboxylic acids is 1. The van der Waals surface area contributed by atoms with Gasteiger partial charge in [0.2, 0.25) is 0 Å². The third kappa shape index (κ3) is 2.82. The van der Waals surface area contributed by atoms with E-state index in [1.165, 1.54) is 12.3 Å². The number of hydrogen-bond donors (Lipinski definition) is 3. The molecule has 1 aliphatic carbocycles. The van der Waals surface area contributed by atoms with Crippen LogP contribution in [0, 0.1) is 5.82 Å². The summed E-state index contributed by atoms with van der Waals surface area (Å²) in [6.07, 6.45) is 3.98. The largest absolute Gasteiger partial charge is 0.385 e. The third-order valence-electron chi connectivity index (χ3n) is 5.87. The number of hydrogen-bond acceptors (Lipinski definition) is 3. The van der Waals surface area contributed by atoms with Crippen molar-refractivity contribution in [2.24, 2.45) is 4.36 Å². The summed E-state index contributed by atoms with van der Waals surface area (Å²) in [6, 6.07) is 9.57. The van der Waals surface area contributed by atoms with E-state index in [1.807, 2.05) is 12.1 Å². The molecule has 5 rings (SSSR count). The Morgan fingerprint density at radius 2 is 1.97 bits per heavy atom. The molecule has 2 atom stereocenters. The summed E-state index contributed by atoms with van der Waals surface area (Å²) < 4.78 is 34.5. The molecule has 3 N–H and O–H groups in total. The van der Waals surface area contributed by atoms with Gasteiger partial charge in [-0.15, -0.1) is 4.36 Å². The number of rotatable bonds is 3. The number of nitrogens with one attached hydrogen (secondary N) is 2. The summed E-state index contributed by atoms with van der Waals surface area (Å²) in [4.78, 5) is 15.1. The summed E-state index contributed by atoms with van der Waals surface area (Å²) >= 11 is 0. The maximum Gasteiger partial charge on any atom is 0.272 e. The lowest BCUT2D eigenvalue weighted by molar-refractivity contribution is -0.118. The van der Waals surface area contributed by atoms with Gasteiger partial charge in [-0.25, -0.2) is 13.3 Å². The molecule has 1 saturated carbocycles. The van der Waals surface area contributed by atoms with Gasteiger partial charge in [0.05, 0.1) is 16.5 Å². The van der Waals surface area contributed by atoms with Crippen LogP contribution in [0.3, 0.4) is 0 Å². The van der Waals surface area contributed by atoms with Crippen LogP contribution in [0.5, 0.6) is 0 Å². The van der Waals surface area contributed by atoms with Crippen LogP contribution in [0.4, 0.5) is 4.39 Å². The van der Waals surface area contributed by atoms with Crippen molar-refractivity contribution in [2.45, 2.75) is 42.7 Å². The zero-order valence-electron chi connectivity index (χ0n) is 15.7. The maximum absolute atomic E-state index is 14.8. The number of aromatic amines is 1. The topological polar surface area (TPSA) is 94.6 Å². The lowest BCUT2D eigenvalue weighted by Crippen LogP contribution is -2.33. The van der Waals surface area contributed by atoms with Gasteiger partial charge in [0, 0.05) is 22.7 Å². The molecule has 2 aromatic carbocycles. The summed E-state index contributed by atoms with van der Waals surface area (Å²) in [6.45, 7) is 1.61. The van der Waals surface area contributed by atoms with E-state index in [4.69, 9.17) is 0 Å². The predicted molar refractivity (Wildman–Crippen MR) is 108 cm³/mol. The van der Waals surface area contributed by atoms with Gasteiger partial charge in [0.1, 0.15) is 15.7 Å². The fraction of sp³-hybridized carbons (Fsp3) is 0.286. The highest BCUT2D eigenvalue weighted by molar-refractivity contribution is 7.92. The lowest BCUT2D eigenvalue weighted by Gasteiger charge is -2.37. The number of aromatic nitrogens is 1. The Morgan fingerprint density at radius 3 is 2.55 bits per heavy atom. The summed E-state index contributed by atoms with van der Waals surface area (Å²) in [5.74, 6) is -0.882. The first-order chi connectivity index (χ1) is 13.8. The van der Waals surface area contributed by atoms with E-state index in [0.29, 0.717) is 26.9 Å². The monoisotopic (exact) mass is 413 g/mol. The molecule has 0 radical (unpaired) electrons. The Morgan fingerprint density at radius 1 is 1.24 bits per heavy atom. The van der Waals surface area contributed by atoms with E-state index in [0.717, 1.165) is 24.8 Å². The molecule has 29 heavy (non-hydrogen) atoms. The lowest BCUT2D eigenvalue weighted by atomic mass is 9.75. The van der Waals surface area contributed by atoms with Gasteiger partial charge < -0.3 is 10.1 Å². The highest BCUT2D eigenvalue weighted by Crippen LogP contribution is 2.41. The average Bonchev–Trinajstić information content (AvgIpc) is 3.20. The molecule has 6 nitrogen and oxygen atoms in total. The first kappa shape index (κ1) is 18.5. The van der Waals surface area contributed by atoms with Crippen molar-refractivity contribution in [2.75, 3.05) is 0 Å². The number of halogens is 1. The predicted octanol–water partition coefficient (Wildman–Crippen LogP) is 3.61. The second-order valence-electron chi connectivity index (χ2n) is 7.79. The Balaban J connectivity index is 1.61. The van der Waals surface area contributed by atoms with Gasteiger partial charge in [0.25, 0.3) is 5.91 Å². The van der Waals surface area contributed by atoms with Crippen molar-refractivity contribution in [3.63, 3.8) is 0 Å². The molecule has 8 heteroatoms. The minimum Gasteiger partial charge on any atom is -0.385 e. The van der Waals surface area contributed by atoms with Crippen molar-refractivity contribution in [3.8, 4) is 11.1 Å². The Labute approximate surface area is 167 Å². The SMILES string of the molecule is C[C@@H]1NS(=O)(c2c[nH]c3cc(F)c(-c4ccc(C5(O)CCC5)cc4)cc23)=NC1=O. The molecular formula is C21H20FN3O3S. The van der Waals surface area contributed by atoms with Crippen molar-refractivity contribution < 1.29 is 18.5 Å². The maximum atomic E-state index is 14.8. The van der Waals surface area contributed by atoms with Gasteiger partial charge >= 0.3 is 0 Å². The van der Waals surface area contributed by atoms with Crippen LogP contribution >= 0.6 is 0 Å². The van der Waals surface area contributed by atoms with Crippen LogP contribution in [0.15, 0.2) is 51.9 Å². The normalized spacial score (nSPS) is 25.8. The zero-order chi connectivity index (χ0) is 20.4. The van der Waals surface area contributed by atoms with Crippen LogP contribution < -0.4 is 4.72 Å². The molecular weight excluding hydrogens is 393 g/mol. The van der Waals surface area contributed by atoms with Gasteiger partial charge in [-0.2, -0.15) is 0 Å². The number of H-pyrrole nitrogens is 1. The third-order valence-corrected chi connectivity index (χ3v) is 7.91. The van der Waals surface area contributed by atoms with Crippen LogP contribution in [-0.4, -0.2) is 26.2 Å². The summed E-state index contributed by atoms with van der Waals surface area (Å²) in [5, 5.41) is 11.0. The van der Waals surface area contributed by atoms with E-state index < -0.39 is 33.3 Å². The van der Waals surface area contributed by atoms with Crippen LogP contribution in [0.25, 0.3) is 22.0 Å². The summed E-state index contributed by atoms with van der Waals surface area (Å²) in [5.41, 5.74) is 1.55. The van der Waals surface area contributed by atoms with Crippen LogP contribution in [-0.2, 0) is 20.3 Å². The minimum absolute atomic E-state index is 0.340. The number of fused-ring (bicyclic) bond motifs is 1. The number of nitrogens with zero attached hydrogens (tertiary/aromatic N) is 1. The molecule has 2 aliphatic rings. The number of benzene rings is 2. The van der Waals surface area contributed by atoms with E-state index in [9.17, 15) is 18.5 Å². The number of aliphatic hydroxyl groups is 1. The molecule has 1 aliphatic heterocycles. The fourth-order valence-electron chi connectivity index (χ4n) is 3.96. The first-order valence-corrected chi connectivity index (χ1v) is 11.0. The molecule has 0 bridgehead atoms. The van der Waals surface area contributed by atoms with Gasteiger partial charge in [0.15, 0.2) is 0 Å². The van der Waals surface area contributed by atoms with E-state index >= 15 is 0 Å². The molecule has 1 unspecified atom stereocenters. The molecule has 3 aromatic rings. The second kappa shape index (κ2) is 6.22. The molecule has 0 spiro atoms. The number of carbonyl (C=O) groups is 1. The van der Waals surface area contributed by atoms with Crippen LogP contribution in [0.1, 0.15) is 31.7 Å². The number of amides is 1. The molecule has 1 aromatic heterocycles. The van der Waals surface area contributed by atoms with Crippen molar-refractivity contribution >= 4 is 26.7 Å². The summed E-state index contributed by atoms with van der Waals surface area (Å²) in [7, 11) is -3.11. The molecule has 1 fully saturated rings. The van der Waals surface area contributed by atoms with Crippen molar-refractivity contribution in [1.29, 1.82) is 0 Å². The Bertz CT molecular complexity index is 1270. The minimum atomic E-state index is -3.11. The van der Waals surface area contributed by atoms with Gasteiger partial charge in [-0.3, -0.25) is 4.79 Å². The zero-order valence-corrected chi connectivity index (χ0v) is 16.6. The highest BCUT2D eigenvalue weighted by Gasteiger charge is 2.36. The highest BCUT2D eigenvalue weighted by atomic mass is 32.2. The second-order valence-corrected chi connectivity index (χ2v) is 9.70. The fourth-order valence-corrected chi connectivity index (χ4v) is 5.92. The molecule has 150 valence electrons. The van der Waals surface area contributed by atoms with Crippen molar-refractivity contribution in [1.82, 2.24) is 9.71 Å². The van der Waals surface area contributed by atoms with E-state index in [2.05, 4.69) is 14.1 Å². The average molecular weight is 413 g/mol. The molecule has 2 heterocycles. The molecule has 1 amide bonds. The Hall–Kier alpha value is -2.55. The van der Waals surface area contributed by atoms with E-state index in [1.54, 1.807) is 25.1 Å². The quantitative estimate of drug-likeness (QED) is 0.612. The smallest absolute Gasteiger partial charge is 0.272 e. The van der Waals surface area contributed by atoms with Crippen molar-refractivity contribution in [3.05, 3.63) is 54.0 Å². The molecule has 0 saturated heterocycles. The first-order valence-electron chi connectivity index (χ1n) is 9.51. The van der Waals surface area contributed by atoms with E-state index in [-0.39, 0.29) is 0 Å². The Kier molecular flexibility index (Phi) is 3.96. The van der Waals surface area contributed by atoms with Gasteiger partial charge in [-0.05, 0) is 49.4 Å². The van der Waals surface area contributed by atoms with Crippen LogP contribution in [0.2, 0.25) is 0 Å².